The van der Waals surface area contributed by atoms with E-state index < -0.39 is 0 Å². The number of nitrogens with two attached hydrogens (primary N) is 1. The molecule has 1 atom stereocenters. The van der Waals surface area contributed by atoms with Crippen molar-refractivity contribution < 1.29 is 9.53 Å². The third-order valence-electron chi connectivity index (χ3n) is 2.86. The normalized spacial score (nSPS) is 11.9. The van der Waals surface area contributed by atoms with Gasteiger partial charge in [0.15, 0.2) is 0 Å². The van der Waals surface area contributed by atoms with Gasteiger partial charge in [0.05, 0.1) is 25.0 Å². The van der Waals surface area contributed by atoms with Crippen LogP contribution in [0.2, 0.25) is 0 Å². The summed E-state index contributed by atoms with van der Waals surface area (Å²) in [6.45, 7) is 1.90. The quantitative estimate of drug-likeness (QED) is 0.776. The summed E-state index contributed by atoms with van der Waals surface area (Å²) in [7, 11) is 1.61. The molecule has 0 fully saturated rings. The number of methoxy groups -OCH3 is 1. The van der Waals surface area contributed by atoms with Crippen molar-refractivity contribution in [2.24, 2.45) is 0 Å². The second-order valence-electron chi connectivity index (χ2n) is 4.17. The predicted molar refractivity (Wildman–Crippen MR) is 71.9 cm³/mol. The highest BCUT2D eigenvalue weighted by atomic mass is 16.5. The van der Waals surface area contributed by atoms with Crippen molar-refractivity contribution in [3.63, 3.8) is 0 Å². The Bertz CT molecular complexity index is 562. The molecule has 1 unspecified atom stereocenters. The van der Waals surface area contributed by atoms with Gasteiger partial charge in [-0.3, -0.25) is 9.89 Å². The third-order valence-corrected chi connectivity index (χ3v) is 2.86. The lowest BCUT2D eigenvalue weighted by atomic mass is 10.1. The topological polar surface area (TPSA) is 93.0 Å². The maximum atomic E-state index is 11.9. The van der Waals surface area contributed by atoms with E-state index in [1.165, 1.54) is 6.20 Å². The van der Waals surface area contributed by atoms with Crippen LogP contribution >= 0.6 is 0 Å². The smallest absolute Gasteiger partial charge is 0.271 e. The van der Waals surface area contributed by atoms with E-state index in [1.54, 1.807) is 7.11 Å². The number of carbonyl (C=O) groups excluding carboxylic acids is 1. The van der Waals surface area contributed by atoms with Crippen LogP contribution < -0.4 is 15.8 Å². The summed E-state index contributed by atoms with van der Waals surface area (Å²) >= 11 is 0. The lowest BCUT2D eigenvalue weighted by molar-refractivity contribution is 0.0935. The molecule has 19 heavy (non-hydrogen) atoms. The Morgan fingerprint density at radius 1 is 1.42 bits per heavy atom. The summed E-state index contributed by atoms with van der Waals surface area (Å²) in [6, 6.07) is 7.37. The minimum absolute atomic E-state index is 0.138. The molecule has 1 amide bonds. The molecule has 1 aromatic carbocycles. The molecule has 0 saturated carbocycles. The van der Waals surface area contributed by atoms with Gasteiger partial charge in [-0.1, -0.05) is 12.1 Å². The van der Waals surface area contributed by atoms with Gasteiger partial charge in [-0.25, -0.2) is 0 Å². The number of H-pyrrole nitrogens is 1. The molecular formula is C13H16N4O2. The van der Waals surface area contributed by atoms with Gasteiger partial charge < -0.3 is 15.8 Å². The van der Waals surface area contributed by atoms with Gasteiger partial charge >= 0.3 is 0 Å². The number of aromatic amines is 1. The maximum Gasteiger partial charge on any atom is 0.271 e. The van der Waals surface area contributed by atoms with Crippen LogP contribution in [0.4, 0.5) is 5.69 Å². The number of carbonyl (C=O) groups is 1. The van der Waals surface area contributed by atoms with Gasteiger partial charge in [-0.2, -0.15) is 5.10 Å². The minimum Gasteiger partial charge on any atom is -0.497 e. The number of rotatable bonds is 4. The molecule has 0 spiro atoms. The number of ether oxygens (including phenoxy) is 1. The van der Waals surface area contributed by atoms with Crippen LogP contribution in [-0.2, 0) is 0 Å². The molecule has 1 aromatic heterocycles. The molecule has 100 valence electrons. The Morgan fingerprint density at radius 3 is 2.63 bits per heavy atom. The number of nitrogen functional groups attached to an aromatic ring is 1. The fraction of sp³-hybridized carbons (Fsp3) is 0.231. The van der Waals surface area contributed by atoms with Crippen LogP contribution in [0.3, 0.4) is 0 Å². The molecule has 2 rings (SSSR count). The Labute approximate surface area is 111 Å². The second kappa shape index (κ2) is 5.43. The van der Waals surface area contributed by atoms with Crippen LogP contribution in [0, 0.1) is 0 Å². The van der Waals surface area contributed by atoms with E-state index >= 15 is 0 Å². The zero-order chi connectivity index (χ0) is 13.8. The van der Waals surface area contributed by atoms with Crippen LogP contribution in [-0.4, -0.2) is 23.2 Å². The Balaban J connectivity index is 2.06. The monoisotopic (exact) mass is 260 g/mol. The molecule has 4 N–H and O–H groups in total. The lowest BCUT2D eigenvalue weighted by Gasteiger charge is -2.14. The van der Waals surface area contributed by atoms with Gasteiger partial charge in [0.1, 0.15) is 11.4 Å². The highest BCUT2D eigenvalue weighted by molar-refractivity contribution is 5.97. The van der Waals surface area contributed by atoms with E-state index in [-0.39, 0.29) is 17.6 Å². The van der Waals surface area contributed by atoms with Crippen LogP contribution in [0.1, 0.15) is 29.0 Å². The maximum absolute atomic E-state index is 11.9. The zero-order valence-electron chi connectivity index (χ0n) is 10.8. The van der Waals surface area contributed by atoms with E-state index in [2.05, 4.69) is 15.5 Å². The standard InChI is InChI=1S/C13H16N4O2/c1-8(9-3-5-10(19-2)6-4-9)16-13(18)12-11(14)7-15-17-12/h3-8H,14H2,1-2H3,(H,15,17)(H,16,18). The number of hydrogen-bond donors (Lipinski definition) is 3. The third kappa shape index (κ3) is 2.85. The largest absolute Gasteiger partial charge is 0.497 e. The number of amides is 1. The van der Waals surface area contributed by atoms with E-state index in [0.29, 0.717) is 5.69 Å². The van der Waals surface area contributed by atoms with E-state index in [9.17, 15) is 4.79 Å². The Morgan fingerprint density at radius 2 is 2.11 bits per heavy atom. The first-order chi connectivity index (χ1) is 9.11. The van der Waals surface area contributed by atoms with Gasteiger partial charge in [-0.15, -0.1) is 0 Å². The lowest BCUT2D eigenvalue weighted by Crippen LogP contribution is -2.27. The van der Waals surface area contributed by atoms with E-state index in [1.807, 2.05) is 31.2 Å². The number of aromatic nitrogens is 2. The molecule has 0 aliphatic heterocycles. The molecule has 0 saturated heterocycles. The summed E-state index contributed by atoms with van der Waals surface area (Å²) in [5.74, 6) is 0.499. The molecule has 0 radical (unpaired) electrons. The van der Waals surface area contributed by atoms with Gasteiger partial charge in [0.2, 0.25) is 0 Å². The van der Waals surface area contributed by atoms with E-state index in [0.717, 1.165) is 11.3 Å². The molecule has 6 nitrogen and oxygen atoms in total. The van der Waals surface area contributed by atoms with Crippen LogP contribution in [0.5, 0.6) is 5.75 Å². The van der Waals surface area contributed by atoms with Crippen molar-refractivity contribution in [1.82, 2.24) is 15.5 Å². The van der Waals surface area contributed by atoms with Crippen molar-refractivity contribution in [2.75, 3.05) is 12.8 Å². The predicted octanol–water partition coefficient (Wildman–Crippen LogP) is 1.49. The number of benzene rings is 1. The van der Waals surface area contributed by atoms with Crippen molar-refractivity contribution >= 4 is 11.6 Å². The fourth-order valence-corrected chi connectivity index (χ4v) is 1.72. The molecule has 0 bridgehead atoms. The van der Waals surface area contributed by atoms with Crippen LogP contribution in [0.15, 0.2) is 30.5 Å². The molecule has 0 aliphatic rings. The first-order valence-corrected chi connectivity index (χ1v) is 5.85. The Kier molecular flexibility index (Phi) is 3.70. The van der Waals surface area contributed by atoms with Crippen molar-refractivity contribution in [1.29, 1.82) is 0 Å². The first kappa shape index (κ1) is 12.9. The number of hydrogen-bond acceptors (Lipinski definition) is 4. The first-order valence-electron chi connectivity index (χ1n) is 5.85. The molecule has 2 aromatic rings. The summed E-state index contributed by atoms with van der Waals surface area (Å²) < 4.78 is 5.09. The molecule has 6 heteroatoms. The van der Waals surface area contributed by atoms with Crippen molar-refractivity contribution in [3.05, 3.63) is 41.7 Å². The number of nitrogens with zero attached hydrogens (tertiary/aromatic N) is 1. The number of anilines is 1. The molecular weight excluding hydrogens is 244 g/mol. The molecule has 0 aliphatic carbocycles. The van der Waals surface area contributed by atoms with E-state index in [4.69, 9.17) is 10.5 Å². The zero-order valence-corrected chi connectivity index (χ0v) is 10.8. The van der Waals surface area contributed by atoms with Gasteiger partial charge in [0.25, 0.3) is 5.91 Å². The second-order valence-corrected chi connectivity index (χ2v) is 4.17. The van der Waals surface area contributed by atoms with Crippen molar-refractivity contribution in [2.45, 2.75) is 13.0 Å². The Hall–Kier alpha value is -2.50. The average Bonchev–Trinajstić information content (AvgIpc) is 2.85. The highest BCUT2D eigenvalue weighted by Crippen LogP contribution is 2.18. The summed E-state index contributed by atoms with van der Waals surface area (Å²) in [6.07, 6.45) is 1.41. The minimum atomic E-state index is -0.279. The summed E-state index contributed by atoms with van der Waals surface area (Å²) in [5, 5.41) is 9.14. The summed E-state index contributed by atoms with van der Waals surface area (Å²) in [5.41, 5.74) is 7.21. The summed E-state index contributed by atoms with van der Waals surface area (Å²) in [4.78, 5) is 11.9. The number of nitrogens with one attached hydrogen (secondary N) is 2. The average molecular weight is 260 g/mol. The molecule has 1 heterocycles. The van der Waals surface area contributed by atoms with Crippen LogP contribution in [0.25, 0.3) is 0 Å². The van der Waals surface area contributed by atoms with Gasteiger partial charge in [0, 0.05) is 0 Å². The van der Waals surface area contributed by atoms with Gasteiger partial charge in [-0.05, 0) is 24.6 Å². The highest BCUT2D eigenvalue weighted by Gasteiger charge is 2.15. The SMILES string of the molecule is COc1ccc(C(C)NC(=O)c2[nH]ncc2N)cc1. The van der Waals surface area contributed by atoms with Crippen molar-refractivity contribution in [3.8, 4) is 5.75 Å². The fourth-order valence-electron chi connectivity index (χ4n) is 1.72.